The fourth-order valence-corrected chi connectivity index (χ4v) is 1.78. The zero-order chi connectivity index (χ0) is 10.1. The molecule has 0 saturated heterocycles. The second-order valence-corrected chi connectivity index (χ2v) is 3.34. The van der Waals surface area contributed by atoms with Crippen molar-refractivity contribution in [3.8, 4) is 0 Å². The van der Waals surface area contributed by atoms with E-state index in [4.69, 9.17) is 0 Å². The first-order valence-electron chi connectivity index (χ1n) is 4.75. The van der Waals surface area contributed by atoms with Gasteiger partial charge >= 0.3 is 0 Å². The molecule has 4 heteroatoms. The van der Waals surface area contributed by atoms with Crippen molar-refractivity contribution in [2.75, 3.05) is 7.05 Å². The van der Waals surface area contributed by atoms with Crippen molar-refractivity contribution in [2.24, 2.45) is 0 Å². The van der Waals surface area contributed by atoms with Crippen LogP contribution in [0, 0.1) is 0 Å². The minimum atomic E-state index is 0.111. The molecule has 2 N–H and O–H groups in total. The molecule has 1 aliphatic carbocycles. The Bertz CT molecular complexity index is 403. The number of aromatic nitrogens is 2. The molecule has 0 spiro atoms. The Morgan fingerprint density at radius 2 is 2.43 bits per heavy atom. The van der Waals surface area contributed by atoms with Crippen LogP contribution in [0.25, 0.3) is 0 Å². The third kappa shape index (κ3) is 1.14. The van der Waals surface area contributed by atoms with E-state index in [-0.39, 0.29) is 5.78 Å². The number of rotatable bonds is 2. The highest BCUT2D eigenvalue weighted by Crippen LogP contribution is 2.26. The molecular formula is C10H13N3O. The second-order valence-electron chi connectivity index (χ2n) is 3.34. The molecule has 2 rings (SSSR count). The standard InChI is InChI=1S/C10H13N3O/c1-3-7-9-8(13-12-7)4-6(5-11-2)10(9)14/h5,11H,3-4H2,1-2H3,(H,12,13)/b6-5-. The Kier molecular flexibility index (Phi) is 2.11. The van der Waals surface area contributed by atoms with Gasteiger partial charge in [0.2, 0.25) is 0 Å². The monoisotopic (exact) mass is 191 g/mol. The van der Waals surface area contributed by atoms with E-state index in [0.717, 1.165) is 28.9 Å². The lowest BCUT2D eigenvalue weighted by Crippen LogP contribution is -2.04. The summed E-state index contributed by atoms with van der Waals surface area (Å²) in [5.74, 6) is 0.111. The van der Waals surface area contributed by atoms with Crippen LogP contribution >= 0.6 is 0 Å². The molecule has 74 valence electrons. The quantitative estimate of drug-likeness (QED) is 0.680. The zero-order valence-electron chi connectivity index (χ0n) is 8.35. The molecule has 1 aromatic heterocycles. The molecular weight excluding hydrogens is 178 g/mol. The fraction of sp³-hybridized carbons (Fsp3) is 0.400. The van der Waals surface area contributed by atoms with Gasteiger partial charge in [-0.1, -0.05) is 6.92 Å². The van der Waals surface area contributed by atoms with Crippen molar-refractivity contribution < 1.29 is 4.79 Å². The van der Waals surface area contributed by atoms with Crippen molar-refractivity contribution in [2.45, 2.75) is 19.8 Å². The molecule has 1 aliphatic rings. The number of hydrogen-bond donors (Lipinski definition) is 2. The number of aryl methyl sites for hydroxylation is 1. The molecule has 0 unspecified atom stereocenters. The first kappa shape index (κ1) is 8.99. The number of Topliss-reactive ketones (excluding diaryl/α,β-unsaturated/α-hetero) is 1. The SMILES string of the molecule is CCc1[nH]nc2c1C(=O)/C(=C\NC)C2. The van der Waals surface area contributed by atoms with E-state index >= 15 is 0 Å². The number of nitrogens with one attached hydrogen (secondary N) is 2. The number of fused-ring (bicyclic) bond motifs is 1. The van der Waals surface area contributed by atoms with Gasteiger partial charge in [0.05, 0.1) is 11.3 Å². The Balaban J connectivity index is 2.42. The lowest BCUT2D eigenvalue weighted by molar-refractivity contribution is 0.103. The van der Waals surface area contributed by atoms with Crippen molar-refractivity contribution in [1.29, 1.82) is 0 Å². The summed E-state index contributed by atoms with van der Waals surface area (Å²) in [5, 5.41) is 9.92. The summed E-state index contributed by atoms with van der Waals surface area (Å²) < 4.78 is 0. The van der Waals surface area contributed by atoms with Crippen LogP contribution in [0.4, 0.5) is 0 Å². The van der Waals surface area contributed by atoms with Crippen LogP contribution in [0.5, 0.6) is 0 Å². The van der Waals surface area contributed by atoms with Gasteiger partial charge in [-0.2, -0.15) is 5.10 Å². The van der Waals surface area contributed by atoms with E-state index in [1.165, 1.54) is 0 Å². The summed E-state index contributed by atoms with van der Waals surface area (Å²) in [6.07, 6.45) is 3.22. The van der Waals surface area contributed by atoms with Crippen LogP contribution in [0.1, 0.15) is 28.7 Å². The largest absolute Gasteiger partial charge is 0.394 e. The predicted octanol–water partition coefficient (Wildman–Crippen LogP) is 0.814. The Labute approximate surface area is 82.4 Å². The van der Waals surface area contributed by atoms with Crippen LogP contribution in [-0.4, -0.2) is 23.0 Å². The first-order valence-corrected chi connectivity index (χ1v) is 4.75. The summed E-state index contributed by atoms with van der Waals surface area (Å²) in [5.41, 5.74) is 3.42. The summed E-state index contributed by atoms with van der Waals surface area (Å²) in [6, 6.07) is 0. The average molecular weight is 191 g/mol. The van der Waals surface area contributed by atoms with Crippen LogP contribution in [0.15, 0.2) is 11.8 Å². The predicted molar refractivity (Wildman–Crippen MR) is 53.1 cm³/mol. The first-order chi connectivity index (χ1) is 6.77. The van der Waals surface area contributed by atoms with E-state index < -0.39 is 0 Å². The average Bonchev–Trinajstić information content (AvgIpc) is 2.70. The number of allylic oxidation sites excluding steroid dienone is 1. The number of ketones is 1. The lowest BCUT2D eigenvalue weighted by atomic mass is 10.1. The molecule has 1 heterocycles. The maximum Gasteiger partial charge on any atom is 0.194 e. The van der Waals surface area contributed by atoms with E-state index in [1.54, 1.807) is 13.2 Å². The van der Waals surface area contributed by atoms with E-state index in [2.05, 4.69) is 15.5 Å². The minimum absolute atomic E-state index is 0.111. The number of aromatic amines is 1. The van der Waals surface area contributed by atoms with Crippen LogP contribution in [0.2, 0.25) is 0 Å². The van der Waals surface area contributed by atoms with Gasteiger partial charge in [-0.25, -0.2) is 0 Å². The maximum absolute atomic E-state index is 11.9. The molecule has 0 aliphatic heterocycles. The van der Waals surface area contributed by atoms with Crippen LogP contribution in [0.3, 0.4) is 0 Å². The highest BCUT2D eigenvalue weighted by Gasteiger charge is 2.29. The van der Waals surface area contributed by atoms with Crippen LogP contribution < -0.4 is 5.32 Å². The Morgan fingerprint density at radius 1 is 1.64 bits per heavy atom. The molecule has 0 amide bonds. The van der Waals surface area contributed by atoms with E-state index in [9.17, 15) is 4.79 Å². The van der Waals surface area contributed by atoms with E-state index in [0.29, 0.717) is 6.42 Å². The molecule has 0 saturated carbocycles. The van der Waals surface area contributed by atoms with Crippen molar-refractivity contribution >= 4 is 5.78 Å². The van der Waals surface area contributed by atoms with Gasteiger partial charge in [0, 0.05) is 30.9 Å². The molecule has 0 atom stereocenters. The number of carbonyl (C=O) groups is 1. The fourth-order valence-electron chi connectivity index (χ4n) is 1.78. The molecule has 0 radical (unpaired) electrons. The molecule has 4 nitrogen and oxygen atoms in total. The van der Waals surface area contributed by atoms with Gasteiger partial charge in [0.1, 0.15) is 0 Å². The number of nitrogens with zero attached hydrogens (tertiary/aromatic N) is 1. The number of hydrogen-bond acceptors (Lipinski definition) is 3. The summed E-state index contributed by atoms with van der Waals surface area (Å²) in [7, 11) is 1.80. The number of H-pyrrole nitrogens is 1. The summed E-state index contributed by atoms with van der Waals surface area (Å²) >= 11 is 0. The normalized spacial score (nSPS) is 17.6. The lowest BCUT2D eigenvalue weighted by Gasteiger charge is -1.96. The minimum Gasteiger partial charge on any atom is -0.394 e. The third-order valence-electron chi connectivity index (χ3n) is 2.46. The molecule has 0 bridgehead atoms. The van der Waals surface area contributed by atoms with Crippen molar-refractivity contribution in [3.05, 3.63) is 28.7 Å². The van der Waals surface area contributed by atoms with Crippen molar-refractivity contribution in [3.63, 3.8) is 0 Å². The van der Waals surface area contributed by atoms with Gasteiger partial charge in [-0.05, 0) is 6.42 Å². The van der Waals surface area contributed by atoms with E-state index in [1.807, 2.05) is 6.92 Å². The topological polar surface area (TPSA) is 57.8 Å². The highest BCUT2D eigenvalue weighted by atomic mass is 16.1. The van der Waals surface area contributed by atoms with Crippen molar-refractivity contribution in [1.82, 2.24) is 15.5 Å². The van der Waals surface area contributed by atoms with Gasteiger partial charge in [0.25, 0.3) is 0 Å². The molecule has 0 fully saturated rings. The highest BCUT2D eigenvalue weighted by molar-refractivity contribution is 6.13. The molecule has 14 heavy (non-hydrogen) atoms. The van der Waals surface area contributed by atoms with Crippen LogP contribution in [-0.2, 0) is 12.8 Å². The molecule has 1 aromatic rings. The van der Waals surface area contributed by atoms with Gasteiger partial charge in [-0.3, -0.25) is 9.89 Å². The van der Waals surface area contributed by atoms with Gasteiger partial charge in [0.15, 0.2) is 5.78 Å². The Hall–Kier alpha value is -1.58. The smallest absolute Gasteiger partial charge is 0.194 e. The second kappa shape index (κ2) is 3.29. The number of carbonyl (C=O) groups excluding carboxylic acids is 1. The maximum atomic E-state index is 11.9. The summed E-state index contributed by atoms with van der Waals surface area (Å²) in [6.45, 7) is 2.01. The van der Waals surface area contributed by atoms with Gasteiger partial charge < -0.3 is 5.32 Å². The Morgan fingerprint density at radius 3 is 3.07 bits per heavy atom. The van der Waals surface area contributed by atoms with Gasteiger partial charge in [-0.15, -0.1) is 0 Å². The zero-order valence-corrected chi connectivity index (χ0v) is 8.35. The summed E-state index contributed by atoms with van der Waals surface area (Å²) in [4.78, 5) is 11.9. The third-order valence-corrected chi connectivity index (χ3v) is 2.46. The molecule has 0 aromatic carbocycles.